The minimum atomic E-state index is -1.26. The lowest BCUT2D eigenvalue weighted by molar-refractivity contribution is -0.145. The van der Waals surface area contributed by atoms with Gasteiger partial charge in [0.05, 0.1) is 0 Å². The third-order valence-electron chi connectivity index (χ3n) is 4.83. The lowest BCUT2D eigenvalue weighted by atomic mass is 9.77. The van der Waals surface area contributed by atoms with E-state index in [1.807, 2.05) is 0 Å². The van der Waals surface area contributed by atoms with Gasteiger partial charge in [0.1, 0.15) is 5.54 Å². The van der Waals surface area contributed by atoms with Crippen molar-refractivity contribution >= 4 is 11.9 Å². The Morgan fingerprint density at radius 1 is 1.25 bits per heavy atom. The Morgan fingerprint density at radius 2 is 1.85 bits per heavy atom. The van der Waals surface area contributed by atoms with Gasteiger partial charge in [-0.15, -0.1) is 0 Å². The molecule has 5 heteroatoms. The van der Waals surface area contributed by atoms with Crippen LogP contribution in [0.4, 0.5) is 0 Å². The van der Waals surface area contributed by atoms with Gasteiger partial charge in [-0.05, 0) is 31.6 Å². The number of nitrogens with two attached hydrogens (primary N) is 1. The van der Waals surface area contributed by atoms with Gasteiger partial charge in [-0.1, -0.05) is 26.7 Å². The zero-order valence-corrected chi connectivity index (χ0v) is 12.5. The van der Waals surface area contributed by atoms with Crippen LogP contribution >= 0.6 is 0 Å². The summed E-state index contributed by atoms with van der Waals surface area (Å²) in [6.07, 6.45) is 5.31. The Labute approximate surface area is 120 Å². The number of carbonyl (C=O) groups is 2. The average molecular weight is 282 g/mol. The molecule has 0 bridgehead atoms. The minimum absolute atomic E-state index is 0.136. The fourth-order valence-corrected chi connectivity index (χ4v) is 3.86. The molecule has 0 aromatic heterocycles. The van der Waals surface area contributed by atoms with E-state index >= 15 is 0 Å². The average Bonchev–Trinajstić information content (AvgIpc) is 2.96. The second-order valence-corrected chi connectivity index (χ2v) is 7.02. The summed E-state index contributed by atoms with van der Waals surface area (Å²) in [5.74, 6) is -0.392. The number of nitrogens with zero attached hydrogens (tertiary/aromatic N) is 1. The van der Waals surface area contributed by atoms with Crippen LogP contribution < -0.4 is 5.73 Å². The van der Waals surface area contributed by atoms with Crippen molar-refractivity contribution < 1.29 is 14.7 Å². The molecule has 1 amide bonds. The first kappa shape index (κ1) is 15.3. The Morgan fingerprint density at radius 3 is 2.30 bits per heavy atom. The first-order valence-corrected chi connectivity index (χ1v) is 7.61. The lowest BCUT2D eigenvalue weighted by Crippen LogP contribution is -2.52. The van der Waals surface area contributed by atoms with Gasteiger partial charge in [-0.2, -0.15) is 0 Å². The van der Waals surface area contributed by atoms with E-state index < -0.39 is 11.5 Å². The van der Waals surface area contributed by atoms with Crippen molar-refractivity contribution in [3.8, 4) is 0 Å². The number of hydrogen-bond donors (Lipinski definition) is 2. The van der Waals surface area contributed by atoms with E-state index in [0.29, 0.717) is 18.9 Å². The van der Waals surface area contributed by atoms with Crippen molar-refractivity contribution in [1.29, 1.82) is 0 Å². The second-order valence-electron chi connectivity index (χ2n) is 7.02. The molecule has 1 aliphatic carbocycles. The monoisotopic (exact) mass is 282 g/mol. The summed E-state index contributed by atoms with van der Waals surface area (Å²) in [7, 11) is 0. The quantitative estimate of drug-likeness (QED) is 0.820. The molecule has 1 saturated carbocycles. The van der Waals surface area contributed by atoms with Crippen LogP contribution in [0.2, 0.25) is 0 Å². The van der Waals surface area contributed by atoms with E-state index in [9.17, 15) is 14.7 Å². The highest BCUT2D eigenvalue weighted by Crippen LogP contribution is 2.45. The molecule has 1 heterocycles. The third-order valence-corrected chi connectivity index (χ3v) is 4.83. The predicted molar refractivity (Wildman–Crippen MR) is 76.1 cm³/mol. The van der Waals surface area contributed by atoms with Gasteiger partial charge in [0.25, 0.3) is 0 Å². The summed E-state index contributed by atoms with van der Waals surface area (Å²) < 4.78 is 0. The summed E-state index contributed by atoms with van der Waals surface area (Å²) in [5.41, 5.74) is 4.36. The number of hydrogen-bond acceptors (Lipinski definition) is 3. The molecule has 1 aliphatic heterocycles. The molecular weight excluding hydrogens is 256 g/mol. The molecule has 0 aromatic rings. The van der Waals surface area contributed by atoms with Gasteiger partial charge in [0, 0.05) is 18.5 Å². The minimum Gasteiger partial charge on any atom is -0.480 e. The standard InChI is InChI=1S/C15H26N2O3/c1-11(2)9-14(5-3-4-6-14)12(18)17-8-7-15(16,10-17)13(19)20/h11H,3-10,16H2,1-2H3,(H,19,20). The van der Waals surface area contributed by atoms with Crippen LogP contribution in [0.25, 0.3) is 0 Å². The first-order valence-electron chi connectivity index (χ1n) is 7.61. The summed E-state index contributed by atoms with van der Waals surface area (Å²) in [6, 6.07) is 0. The number of aliphatic carboxylic acids is 1. The van der Waals surface area contributed by atoms with Crippen molar-refractivity contribution in [2.24, 2.45) is 17.1 Å². The first-order chi connectivity index (χ1) is 9.29. The van der Waals surface area contributed by atoms with Crippen LogP contribution in [-0.4, -0.2) is 40.5 Å². The van der Waals surface area contributed by atoms with Crippen LogP contribution in [0.15, 0.2) is 0 Å². The summed E-state index contributed by atoms with van der Waals surface area (Å²) in [5, 5.41) is 9.18. The molecule has 1 atom stereocenters. The van der Waals surface area contributed by atoms with Crippen molar-refractivity contribution in [3.05, 3.63) is 0 Å². The smallest absolute Gasteiger partial charge is 0.325 e. The van der Waals surface area contributed by atoms with Gasteiger partial charge < -0.3 is 15.7 Å². The molecular formula is C15H26N2O3. The Bertz CT molecular complexity index is 402. The van der Waals surface area contributed by atoms with E-state index in [1.54, 1.807) is 4.90 Å². The highest BCUT2D eigenvalue weighted by atomic mass is 16.4. The van der Waals surface area contributed by atoms with Crippen molar-refractivity contribution in [2.75, 3.05) is 13.1 Å². The third kappa shape index (κ3) is 2.68. The summed E-state index contributed by atoms with van der Waals surface area (Å²) in [6.45, 7) is 4.91. The summed E-state index contributed by atoms with van der Waals surface area (Å²) >= 11 is 0. The number of amides is 1. The Hall–Kier alpha value is -1.10. The normalized spacial score (nSPS) is 29.1. The highest BCUT2D eigenvalue weighted by Gasteiger charge is 2.49. The molecule has 114 valence electrons. The van der Waals surface area contributed by atoms with Crippen molar-refractivity contribution in [3.63, 3.8) is 0 Å². The molecule has 0 spiro atoms. The number of rotatable bonds is 4. The maximum absolute atomic E-state index is 12.9. The fourth-order valence-electron chi connectivity index (χ4n) is 3.86. The SMILES string of the molecule is CC(C)CC1(C(=O)N2CCC(N)(C(=O)O)C2)CCCC1. The molecule has 0 aromatic carbocycles. The lowest BCUT2D eigenvalue weighted by Gasteiger charge is -2.34. The zero-order valence-electron chi connectivity index (χ0n) is 12.5. The number of carbonyl (C=O) groups excluding carboxylic acids is 1. The van der Waals surface area contributed by atoms with Gasteiger partial charge in [0.15, 0.2) is 0 Å². The van der Waals surface area contributed by atoms with Crippen LogP contribution in [0.5, 0.6) is 0 Å². The molecule has 1 unspecified atom stereocenters. The topological polar surface area (TPSA) is 83.6 Å². The van der Waals surface area contributed by atoms with E-state index in [0.717, 1.165) is 32.1 Å². The van der Waals surface area contributed by atoms with E-state index in [1.165, 1.54) is 0 Å². The molecule has 3 N–H and O–H groups in total. The maximum Gasteiger partial charge on any atom is 0.325 e. The molecule has 0 radical (unpaired) electrons. The fraction of sp³-hybridized carbons (Fsp3) is 0.867. The van der Waals surface area contributed by atoms with Crippen LogP contribution in [0.1, 0.15) is 52.4 Å². The number of carboxylic acids is 1. The van der Waals surface area contributed by atoms with Crippen molar-refractivity contribution in [2.45, 2.75) is 57.9 Å². The highest BCUT2D eigenvalue weighted by molar-refractivity contribution is 5.86. The molecule has 2 aliphatic rings. The van der Waals surface area contributed by atoms with Gasteiger partial charge >= 0.3 is 5.97 Å². The number of carboxylic acid groups (broad SMARTS) is 1. The molecule has 20 heavy (non-hydrogen) atoms. The van der Waals surface area contributed by atoms with Crippen LogP contribution in [0.3, 0.4) is 0 Å². The Balaban J connectivity index is 2.12. The number of likely N-dealkylation sites (tertiary alicyclic amines) is 1. The van der Waals surface area contributed by atoms with Gasteiger partial charge in [-0.3, -0.25) is 9.59 Å². The van der Waals surface area contributed by atoms with Crippen molar-refractivity contribution in [1.82, 2.24) is 4.90 Å². The van der Waals surface area contributed by atoms with Crippen LogP contribution in [0, 0.1) is 11.3 Å². The molecule has 2 rings (SSSR count). The molecule has 2 fully saturated rings. The Kier molecular flexibility index (Phi) is 4.09. The predicted octanol–water partition coefficient (Wildman–Crippen LogP) is 1.61. The van der Waals surface area contributed by atoms with E-state index in [-0.39, 0.29) is 17.9 Å². The maximum atomic E-state index is 12.9. The summed E-state index contributed by atoms with van der Waals surface area (Å²) in [4.78, 5) is 25.8. The largest absolute Gasteiger partial charge is 0.480 e. The zero-order chi connectivity index (χ0) is 15.0. The van der Waals surface area contributed by atoms with Gasteiger partial charge in [-0.25, -0.2) is 0 Å². The molecule has 1 saturated heterocycles. The van der Waals surface area contributed by atoms with Gasteiger partial charge in [0.2, 0.25) is 5.91 Å². The van der Waals surface area contributed by atoms with E-state index in [2.05, 4.69) is 13.8 Å². The molecule has 5 nitrogen and oxygen atoms in total. The van der Waals surface area contributed by atoms with E-state index in [4.69, 9.17) is 5.73 Å². The second kappa shape index (κ2) is 5.35. The van der Waals surface area contributed by atoms with Crippen LogP contribution in [-0.2, 0) is 9.59 Å².